The lowest BCUT2D eigenvalue weighted by Crippen LogP contribution is -2.57. The molecule has 1 amide bonds. The average Bonchev–Trinajstić information content (AvgIpc) is 2.47. The van der Waals surface area contributed by atoms with Crippen LogP contribution in [0.15, 0.2) is 22.7 Å². The number of nitrogens with one attached hydrogen (secondary N) is 2. The van der Waals surface area contributed by atoms with E-state index in [-0.39, 0.29) is 24.4 Å². The molecule has 22 heavy (non-hydrogen) atoms. The highest BCUT2D eigenvalue weighted by molar-refractivity contribution is 9.10. The molecule has 4 nitrogen and oxygen atoms in total. The molecule has 1 saturated heterocycles. The average molecular weight is 392 g/mol. The fourth-order valence-electron chi connectivity index (χ4n) is 2.64. The number of halogens is 2. The monoisotopic (exact) mass is 390 g/mol. The van der Waals surface area contributed by atoms with Crippen LogP contribution in [-0.4, -0.2) is 25.1 Å². The molecule has 1 aliphatic heterocycles. The number of rotatable bonds is 4. The van der Waals surface area contributed by atoms with Crippen LogP contribution in [0, 0.1) is 0 Å². The van der Waals surface area contributed by atoms with Gasteiger partial charge in [-0.3, -0.25) is 4.79 Å². The maximum absolute atomic E-state index is 12.5. The number of piperidine rings is 1. The van der Waals surface area contributed by atoms with Crippen LogP contribution < -0.4 is 15.4 Å². The molecule has 1 aliphatic rings. The van der Waals surface area contributed by atoms with Crippen molar-refractivity contribution in [2.75, 3.05) is 13.7 Å². The summed E-state index contributed by atoms with van der Waals surface area (Å²) in [6, 6.07) is 5.83. The molecule has 0 saturated carbocycles. The van der Waals surface area contributed by atoms with Gasteiger partial charge in [0.2, 0.25) is 5.91 Å². The standard InChI is InChI=1S/C16H23BrN2O2.ClH/c1-11(12-6-7-14(21-3)13(17)10-12)19-15(20)16(2)8-4-5-9-18-16;/h6-7,10-11,18H,4-5,8-9H2,1-3H3,(H,19,20);1H. The Morgan fingerprint density at radius 1 is 1.45 bits per heavy atom. The summed E-state index contributed by atoms with van der Waals surface area (Å²) in [6.45, 7) is 4.89. The van der Waals surface area contributed by atoms with Crippen LogP contribution in [0.3, 0.4) is 0 Å². The van der Waals surface area contributed by atoms with E-state index in [1.165, 1.54) is 0 Å². The first kappa shape index (κ1) is 19.3. The number of methoxy groups -OCH3 is 1. The maximum Gasteiger partial charge on any atom is 0.240 e. The molecular formula is C16H24BrClN2O2. The Hall–Kier alpha value is -0.780. The Morgan fingerprint density at radius 2 is 2.18 bits per heavy atom. The quantitative estimate of drug-likeness (QED) is 0.824. The normalized spacial score (nSPS) is 22.4. The Kier molecular flexibility index (Phi) is 7.16. The van der Waals surface area contributed by atoms with Gasteiger partial charge in [0.15, 0.2) is 0 Å². The van der Waals surface area contributed by atoms with E-state index >= 15 is 0 Å². The SMILES string of the molecule is COc1ccc(C(C)NC(=O)C2(C)CCCCN2)cc1Br.Cl. The Bertz CT molecular complexity index is 519. The second-order valence-corrected chi connectivity index (χ2v) is 6.66. The van der Waals surface area contributed by atoms with Crippen LogP contribution in [0.4, 0.5) is 0 Å². The van der Waals surface area contributed by atoms with Crippen molar-refractivity contribution < 1.29 is 9.53 Å². The van der Waals surface area contributed by atoms with E-state index in [0.717, 1.165) is 41.6 Å². The fourth-order valence-corrected chi connectivity index (χ4v) is 3.20. The summed E-state index contributed by atoms with van der Waals surface area (Å²) in [5, 5.41) is 6.45. The van der Waals surface area contributed by atoms with Gasteiger partial charge in [-0.05, 0) is 73.3 Å². The van der Waals surface area contributed by atoms with Gasteiger partial charge in [-0.2, -0.15) is 0 Å². The lowest BCUT2D eigenvalue weighted by atomic mass is 9.89. The smallest absolute Gasteiger partial charge is 0.240 e. The second-order valence-electron chi connectivity index (χ2n) is 5.81. The van der Waals surface area contributed by atoms with Gasteiger partial charge in [0, 0.05) is 0 Å². The van der Waals surface area contributed by atoms with Crippen molar-refractivity contribution in [2.45, 2.75) is 44.7 Å². The summed E-state index contributed by atoms with van der Waals surface area (Å²) in [5.41, 5.74) is 0.603. The van der Waals surface area contributed by atoms with Crippen molar-refractivity contribution in [1.29, 1.82) is 0 Å². The van der Waals surface area contributed by atoms with E-state index < -0.39 is 5.54 Å². The molecular weight excluding hydrogens is 368 g/mol. The number of hydrogen-bond acceptors (Lipinski definition) is 3. The Labute approximate surface area is 146 Å². The Morgan fingerprint density at radius 3 is 2.73 bits per heavy atom. The number of carbonyl (C=O) groups is 1. The van der Waals surface area contributed by atoms with Crippen molar-refractivity contribution in [2.24, 2.45) is 0 Å². The highest BCUT2D eigenvalue weighted by Gasteiger charge is 2.34. The van der Waals surface area contributed by atoms with E-state index in [0.29, 0.717) is 0 Å². The van der Waals surface area contributed by atoms with Gasteiger partial charge in [-0.1, -0.05) is 6.07 Å². The molecule has 2 rings (SSSR count). The first-order chi connectivity index (χ1) is 9.96. The van der Waals surface area contributed by atoms with Crippen LogP contribution in [0.5, 0.6) is 5.75 Å². The molecule has 1 aromatic carbocycles. The number of ether oxygens (including phenoxy) is 1. The van der Waals surface area contributed by atoms with E-state index in [2.05, 4.69) is 26.6 Å². The van der Waals surface area contributed by atoms with Crippen LogP contribution in [-0.2, 0) is 4.79 Å². The van der Waals surface area contributed by atoms with Gasteiger partial charge < -0.3 is 15.4 Å². The third-order valence-corrected chi connectivity index (χ3v) is 4.76. The van der Waals surface area contributed by atoms with Gasteiger partial charge in [0.25, 0.3) is 0 Å². The molecule has 0 aromatic heterocycles. The minimum atomic E-state index is -0.448. The van der Waals surface area contributed by atoms with Crippen LogP contribution in [0.2, 0.25) is 0 Å². The molecule has 2 atom stereocenters. The van der Waals surface area contributed by atoms with Crippen LogP contribution >= 0.6 is 28.3 Å². The zero-order valence-electron chi connectivity index (χ0n) is 13.2. The molecule has 6 heteroatoms. The number of carbonyl (C=O) groups excluding carboxylic acids is 1. The first-order valence-electron chi connectivity index (χ1n) is 7.36. The van der Waals surface area contributed by atoms with Gasteiger partial charge in [-0.15, -0.1) is 12.4 Å². The van der Waals surface area contributed by atoms with Crippen molar-refractivity contribution in [3.05, 3.63) is 28.2 Å². The molecule has 0 aliphatic carbocycles. The van der Waals surface area contributed by atoms with E-state index in [9.17, 15) is 4.79 Å². The van der Waals surface area contributed by atoms with E-state index in [1.54, 1.807) is 7.11 Å². The minimum absolute atomic E-state index is 0. The molecule has 0 spiro atoms. The molecule has 1 fully saturated rings. The number of hydrogen-bond donors (Lipinski definition) is 2. The predicted octanol–water partition coefficient (Wildman–Crippen LogP) is 3.59. The zero-order chi connectivity index (χ0) is 15.5. The summed E-state index contributed by atoms with van der Waals surface area (Å²) >= 11 is 3.48. The first-order valence-corrected chi connectivity index (χ1v) is 8.15. The van der Waals surface area contributed by atoms with Gasteiger partial charge in [0.05, 0.1) is 23.2 Å². The van der Waals surface area contributed by atoms with Crippen molar-refractivity contribution in [1.82, 2.24) is 10.6 Å². The molecule has 0 radical (unpaired) electrons. The summed E-state index contributed by atoms with van der Waals surface area (Å²) in [6.07, 6.45) is 3.13. The minimum Gasteiger partial charge on any atom is -0.496 e. The molecule has 2 N–H and O–H groups in total. The van der Waals surface area contributed by atoms with Crippen molar-refractivity contribution in [3.63, 3.8) is 0 Å². The fraction of sp³-hybridized carbons (Fsp3) is 0.562. The number of amides is 1. The number of benzene rings is 1. The lowest BCUT2D eigenvalue weighted by Gasteiger charge is -2.34. The van der Waals surface area contributed by atoms with E-state index in [4.69, 9.17) is 4.74 Å². The summed E-state index contributed by atoms with van der Waals surface area (Å²) in [7, 11) is 1.64. The third kappa shape index (κ3) is 4.37. The Balaban J connectivity index is 0.00000242. The second kappa shape index (κ2) is 8.18. The van der Waals surface area contributed by atoms with Crippen LogP contribution in [0.1, 0.15) is 44.7 Å². The van der Waals surface area contributed by atoms with Crippen molar-refractivity contribution >= 4 is 34.2 Å². The van der Waals surface area contributed by atoms with Gasteiger partial charge in [0.1, 0.15) is 5.75 Å². The van der Waals surface area contributed by atoms with Crippen molar-refractivity contribution in [3.8, 4) is 5.75 Å². The summed E-state index contributed by atoms with van der Waals surface area (Å²) in [4.78, 5) is 12.5. The van der Waals surface area contributed by atoms with E-state index in [1.807, 2.05) is 32.0 Å². The highest BCUT2D eigenvalue weighted by Crippen LogP contribution is 2.28. The summed E-state index contributed by atoms with van der Waals surface area (Å²) in [5.74, 6) is 0.861. The molecule has 2 unspecified atom stereocenters. The molecule has 0 bridgehead atoms. The molecule has 124 valence electrons. The van der Waals surface area contributed by atoms with Crippen LogP contribution in [0.25, 0.3) is 0 Å². The zero-order valence-corrected chi connectivity index (χ0v) is 15.6. The lowest BCUT2D eigenvalue weighted by molar-refractivity contribution is -0.128. The third-order valence-electron chi connectivity index (χ3n) is 4.14. The largest absolute Gasteiger partial charge is 0.496 e. The van der Waals surface area contributed by atoms with Gasteiger partial charge in [-0.25, -0.2) is 0 Å². The topological polar surface area (TPSA) is 50.4 Å². The van der Waals surface area contributed by atoms with Gasteiger partial charge >= 0.3 is 0 Å². The molecule has 1 aromatic rings. The summed E-state index contributed by atoms with van der Waals surface area (Å²) < 4.78 is 6.12. The molecule has 1 heterocycles. The highest BCUT2D eigenvalue weighted by atomic mass is 79.9. The maximum atomic E-state index is 12.5. The predicted molar refractivity (Wildman–Crippen MR) is 94.8 cm³/mol.